The average molecular weight is 233 g/mol. The van der Waals surface area contributed by atoms with Gasteiger partial charge in [0.2, 0.25) is 0 Å². The molecular formula is C13H19N3O. The van der Waals surface area contributed by atoms with Gasteiger partial charge in [-0.2, -0.15) is 5.10 Å². The number of furan rings is 1. The molecular weight excluding hydrogens is 214 g/mol. The third-order valence-electron chi connectivity index (χ3n) is 3.03. The number of nitrogens with zero attached hydrogens (tertiary/aromatic N) is 2. The zero-order valence-electron chi connectivity index (χ0n) is 10.8. The highest BCUT2D eigenvalue weighted by atomic mass is 16.3. The summed E-state index contributed by atoms with van der Waals surface area (Å²) in [6.07, 6.45) is 2.57. The molecule has 0 spiro atoms. The van der Waals surface area contributed by atoms with Crippen molar-refractivity contribution >= 4 is 5.82 Å². The molecule has 92 valence electrons. The second-order valence-corrected chi connectivity index (χ2v) is 4.54. The zero-order valence-corrected chi connectivity index (χ0v) is 10.8. The molecule has 0 saturated carbocycles. The number of anilines is 1. The lowest BCUT2D eigenvalue weighted by Crippen LogP contribution is -2.00. The Morgan fingerprint density at radius 1 is 1.47 bits per heavy atom. The molecule has 0 unspecified atom stereocenters. The summed E-state index contributed by atoms with van der Waals surface area (Å²) < 4.78 is 7.20. The van der Waals surface area contributed by atoms with Gasteiger partial charge in [0.1, 0.15) is 17.3 Å². The fraction of sp³-hybridized carbons (Fsp3) is 0.462. The number of nitrogens with two attached hydrogens (primary N) is 1. The minimum Gasteiger partial charge on any atom is -0.469 e. The number of hydrogen-bond acceptors (Lipinski definition) is 3. The molecule has 0 saturated heterocycles. The second-order valence-electron chi connectivity index (χ2n) is 4.54. The Hall–Kier alpha value is -1.71. The minimum absolute atomic E-state index is 0.346. The number of rotatable bonds is 3. The first-order valence-electron chi connectivity index (χ1n) is 5.95. The molecule has 2 N–H and O–H groups in total. The molecule has 0 bridgehead atoms. The van der Waals surface area contributed by atoms with Crippen LogP contribution in [0.1, 0.15) is 38.0 Å². The van der Waals surface area contributed by atoms with E-state index in [2.05, 4.69) is 25.9 Å². The van der Waals surface area contributed by atoms with Crippen molar-refractivity contribution in [3.05, 3.63) is 23.7 Å². The average Bonchev–Trinajstić information content (AvgIpc) is 2.84. The van der Waals surface area contributed by atoms with Crippen LogP contribution in [0.2, 0.25) is 0 Å². The lowest BCUT2D eigenvalue weighted by Gasteiger charge is -2.06. The molecule has 0 aliphatic carbocycles. The van der Waals surface area contributed by atoms with Crippen molar-refractivity contribution in [2.24, 2.45) is 7.05 Å². The van der Waals surface area contributed by atoms with Crippen molar-refractivity contribution in [1.29, 1.82) is 0 Å². The second kappa shape index (κ2) is 4.28. The van der Waals surface area contributed by atoms with Crippen LogP contribution in [0, 0.1) is 0 Å². The maximum atomic E-state index is 6.07. The number of nitrogen functional groups attached to an aromatic ring is 1. The van der Waals surface area contributed by atoms with Crippen LogP contribution in [0.25, 0.3) is 11.3 Å². The summed E-state index contributed by atoms with van der Waals surface area (Å²) >= 11 is 0. The summed E-state index contributed by atoms with van der Waals surface area (Å²) in [6.45, 7) is 6.33. The van der Waals surface area contributed by atoms with Gasteiger partial charge >= 0.3 is 0 Å². The van der Waals surface area contributed by atoms with Crippen molar-refractivity contribution in [3.63, 3.8) is 0 Å². The number of aromatic nitrogens is 2. The highest BCUT2D eigenvalue weighted by molar-refractivity contribution is 5.70. The molecule has 4 nitrogen and oxygen atoms in total. The summed E-state index contributed by atoms with van der Waals surface area (Å²) in [5, 5.41) is 4.51. The van der Waals surface area contributed by atoms with Crippen molar-refractivity contribution in [3.8, 4) is 11.3 Å². The molecule has 0 radical (unpaired) electrons. The monoisotopic (exact) mass is 233 g/mol. The van der Waals surface area contributed by atoms with Crippen LogP contribution < -0.4 is 5.73 Å². The van der Waals surface area contributed by atoms with Crippen LogP contribution in [-0.4, -0.2) is 9.78 Å². The highest BCUT2D eigenvalue weighted by Gasteiger charge is 2.21. The largest absolute Gasteiger partial charge is 0.469 e. The fourth-order valence-electron chi connectivity index (χ4n) is 2.15. The van der Waals surface area contributed by atoms with Gasteiger partial charge in [0.25, 0.3) is 0 Å². The number of aryl methyl sites for hydroxylation is 2. The van der Waals surface area contributed by atoms with Crippen LogP contribution in [0.4, 0.5) is 5.82 Å². The number of hydrogen-bond donors (Lipinski definition) is 1. The van der Waals surface area contributed by atoms with Gasteiger partial charge < -0.3 is 10.2 Å². The Morgan fingerprint density at radius 3 is 2.76 bits per heavy atom. The molecule has 0 fully saturated rings. The van der Waals surface area contributed by atoms with Crippen LogP contribution in [0.5, 0.6) is 0 Å². The Labute approximate surface area is 101 Å². The molecule has 0 aromatic carbocycles. The van der Waals surface area contributed by atoms with E-state index in [-0.39, 0.29) is 0 Å². The smallest absolute Gasteiger partial charge is 0.125 e. The maximum absolute atomic E-state index is 6.07. The fourth-order valence-corrected chi connectivity index (χ4v) is 2.15. The van der Waals surface area contributed by atoms with Crippen molar-refractivity contribution < 1.29 is 4.42 Å². The molecule has 17 heavy (non-hydrogen) atoms. The Balaban J connectivity index is 2.63. The van der Waals surface area contributed by atoms with Crippen molar-refractivity contribution in [2.75, 3.05) is 5.73 Å². The molecule has 2 heterocycles. The molecule has 2 rings (SSSR count). The van der Waals surface area contributed by atoms with Gasteiger partial charge in [-0.1, -0.05) is 20.8 Å². The molecule has 0 atom stereocenters. The van der Waals surface area contributed by atoms with Crippen molar-refractivity contribution in [1.82, 2.24) is 9.78 Å². The highest BCUT2D eigenvalue weighted by Crippen LogP contribution is 2.34. The SMILES string of the molecule is CCc1occc1-c1nn(C)c(N)c1C(C)C. The molecule has 4 heteroatoms. The van der Waals surface area contributed by atoms with Crippen molar-refractivity contribution in [2.45, 2.75) is 33.1 Å². The van der Waals surface area contributed by atoms with E-state index in [0.717, 1.165) is 34.8 Å². The summed E-state index contributed by atoms with van der Waals surface area (Å²) in [6, 6.07) is 1.96. The van der Waals surface area contributed by atoms with E-state index >= 15 is 0 Å². The molecule has 2 aromatic heterocycles. The summed E-state index contributed by atoms with van der Waals surface area (Å²) in [7, 11) is 1.87. The minimum atomic E-state index is 0.346. The van der Waals surface area contributed by atoms with E-state index < -0.39 is 0 Å². The Morgan fingerprint density at radius 2 is 2.18 bits per heavy atom. The normalized spacial score (nSPS) is 11.4. The Kier molecular flexibility index (Phi) is 2.96. The quantitative estimate of drug-likeness (QED) is 0.886. The first-order chi connectivity index (χ1) is 8.06. The summed E-state index contributed by atoms with van der Waals surface area (Å²) in [5.41, 5.74) is 9.18. The predicted octanol–water partition coefficient (Wildman–Crippen LogP) is 2.95. The van der Waals surface area contributed by atoms with Gasteiger partial charge in [-0.15, -0.1) is 0 Å². The van der Waals surface area contributed by atoms with Crippen LogP contribution in [0.3, 0.4) is 0 Å². The molecule has 2 aromatic rings. The summed E-state index contributed by atoms with van der Waals surface area (Å²) in [4.78, 5) is 0. The first kappa shape index (κ1) is 11.8. The van der Waals surface area contributed by atoms with Crippen LogP contribution in [-0.2, 0) is 13.5 Å². The van der Waals surface area contributed by atoms with Crippen LogP contribution >= 0.6 is 0 Å². The Bertz CT molecular complexity index is 523. The van der Waals surface area contributed by atoms with Gasteiger partial charge in [-0.25, -0.2) is 0 Å². The van der Waals surface area contributed by atoms with Gasteiger partial charge in [-0.05, 0) is 12.0 Å². The van der Waals surface area contributed by atoms with E-state index in [0.29, 0.717) is 5.92 Å². The standard InChI is InChI=1S/C13H19N3O/c1-5-10-9(6-7-17-10)12-11(8(2)3)13(14)16(4)15-12/h6-8H,5,14H2,1-4H3. The van der Waals surface area contributed by atoms with E-state index in [1.54, 1.807) is 10.9 Å². The van der Waals surface area contributed by atoms with E-state index in [1.807, 2.05) is 13.1 Å². The van der Waals surface area contributed by atoms with Gasteiger partial charge in [0.05, 0.1) is 6.26 Å². The summed E-state index contributed by atoms with van der Waals surface area (Å²) in [5.74, 6) is 2.04. The molecule has 0 aliphatic rings. The van der Waals surface area contributed by atoms with Gasteiger partial charge in [0, 0.05) is 24.6 Å². The third kappa shape index (κ3) is 1.84. The third-order valence-corrected chi connectivity index (χ3v) is 3.03. The lowest BCUT2D eigenvalue weighted by atomic mass is 9.98. The zero-order chi connectivity index (χ0) is 12.6. The first-order valence-corrected chi connectivity index (χ1v) is 5.95. The lowest BCUT2D eigenvalue weighted by molar-refractivity contribution is 0.517. The predicted molar refractivity (Wildman–Crippen MR) is 68.8 cm³/mol. The maximum Gasteiger partial charge on any atom is 0.125 e. The molecule has 0 amide bonds. The topological polar surface area (TPSA) is 57.0 Å². The van der Waals surface area contributed by atoms with E-state index in [9.17, 15) is 0 Å². The molecule has 0 aliphatic heterocycles. The van der Waals surface area contributed by atoms with E-state index in [4.69, 9.17) is 10.2 Å². The van der Waals surface area contributed by atoms with Gasteiger partial charge in [0.15, 0.2) is 0 Å². The van der Waals surface area contributed by atoms with E-state index in [1.165, 1.54) is 0 Å². The van der Waals surface area contributed by atoms with Gasteiger partial charge in [-0.3, -0.25) is 4.68 Å². The van der Waals surface area contributed by atoms with Crippen LogP contribution in [0.15, 0.2) is 16.7 Å².